The summed E-state index contributed by atoms with van der Waals surface area (Å²) in [7, 11) is 0. The van der Waals surface area contributed by atoms with Crippen molar-refractivity contribution in [1.82, 2.24) is 4.90 Å². The van der Waals surface area contributed by atoms with Crippen LogP contribution in [0.1, 0.15) is 27.2 Å². The van der Waals surface area contributed by atoms with Gasteiger partial charge >= 0.3 is 5.92 Å². The number of likely N-dealkylation sites (tertiary alicyclic amines) is 1. The number of rotatable bonds is 0. The van der Waals surface area contributed by atoms with Crippen molar-refractivity contribution in [2.75, 3.05) is 6.54 Å². The van der Waals surface area contributed by atoms with Gasteiger partial charge in [-0.1, -0.05) is 0 Å². The fourth-order valence-electron chi connectivity index (χ4n) is 1.30. The Morgan fingerprint density at radius 1 is 1.42 bits per heavy atom. The summed E-state index contributed by atoms with van der Waals surface area (Å²) in [5.74, 6) is -4.16. The molecule has 0 bridgehead atoms. The van der Waals surface area contributed by atoms with Crippen LogP contribution in [0.2, 0.25) is 0 Å². The molecule has 1 aliphatic heterocycles. The second-order valence-electron chi connectivity index (χ2n) is 4.08. The molecule has 0 atom stereocenters. The van der Waals surface area contributed by atoms with E-state index >= 15 is 0 Å². The molecule has 1 rings (SSSR count). The van der Waals surface area contributed by atoms with Gasteiger partial charge in [0.2, 0.25) is 0 Å². The zero-order chi connectivity index (χ0) is 9.57. The lowest BCUT2D eigenvalue weighted by atomic mass is 10.1. The van der Waals surface area contributed by atoms with Gasteiger partial charge in [-0.05, 0) is 20.8 Å². The fourth-order valence-corrected chi connectivity index (χ4v) is 1.30. The van der Waals surface area contributed by atoms with E-state index in [2.05, 4.69) is 0 Å². The van der Waals surface area contributed by atoms with Crippen molar-refractivity contribution >= 4 is 5.91 Å². The molecule has 1 heterocycles. The van der Waals surface area contributed by atoms with Crippen molar-refractivity contribution in [2.24, 2.45) is 0 Å². The number of carbonyl (C=O) groups is 1. The van der Waals surface area contributed by atoms with E-state index < -0.39 is 17.4 Å². The van der Waals surface area contributed by atoms with E-state index in [1.54, 1.807) is 20.8 Å². The number of carbonyl (C=O) groups excluding carboxylic acids is 1. The molecule has 0 aromatic rings. The first kappa shape index (κ1) is 9.42. The molecular formula is C8H13F2NO. The van der Waals surface area contributed by atoms with Crippen LogP contribution in [-0.4, -0.2) is 28.8 Å². The molecule has 0 N–H and O–H groups in total. The number of halogens is 2. The van der Waals surface area contributed by atoms with Crippen molar-refractivity contribution < 1.29 is 13.6 Å². The molecule has 0 unspecified atom stereocenters. The number of amides is 1. The quantitative estimate of drug-likeness (QED) is 0.551. The van der Waals surface area contributed by atoms with E-state index in [4.69, 9.17) is 0 Å². The smallest absolute Gasteiger partial charge is 0.326 e. The lowest BCUT2D eigenvalue weighted by molar-refractivity contribution is -0.151. The molecule has 12 heavy (non-hydrogen) atoms. The minimum Gasteiger partial charge on any atom is -0.332 e. The van der Waals surface area contributed by atoms with E-state index in [0.717, 1.165) is 0 Å². The van der Waals surface area contributed by atoms with Gasteiger partial charge in [-0.15, -0.1) is 0 Å². The lowest BCUT2D eigenvalue weighted by Gasteiger charge is -2.31. The van der Waals surface area contributed by atoms with Gasteiger partial charge in [0.1, 0.15) is 0 Å². The SMILES string of the molecule is CC(C)(C)N1CCC(F)(F)C1=O. The number of alkyl halides is 2. The summed E-state index contributed by atoms with van der Waals surface area (Å²) in [5, 5.41) is 0. The Labute approximate surface area is 70.5 Å². The van der Waals surface area contributed by atoms with Gasteiger partial charge in [0, 0.05) is 18.5 Å². The highest BCUT2D eigenvalue weighted by Crippen LogP contribution is 2.32. The topological polar surface area (TPSA) is 20.3 Å². The summed E-state index contributed by atoms with van der Waals surface area (Å²) >= 11 is 0. The van der Waals surface area contributed by atoms with Gasteiger partial charge in [-0.25, -0.2) is 0 Å². The van der Waals surface area contributed by atoms with E-state index in [1.807, 2.05) is 0 Å². The summed E-state index contributed by atoms with van der Waals surface area (Å²) in [5.41, 5.74) is -0.489. The molecule has 2 nitrogen and oxygen atoms in total. The normalized spacial score (nSPS) is 23.4. The van der Waals surface area contributed by atoms with Gasteiger partial charge < -0.3 is 4.90 Å². The Bertz CT molecular complexity index is 208. The molecule has 1 aliphatic rings. The standard InChI is InChI=1S/C8H13F2NO/c1-7(2,3)11-5-4-8(9,10)6(11)12/h4-5H2,1-3H3. The van der Waals surface area contributed by atoms with E-state index in [9.17, 15) is 13.6 Å². The molecular weight excluding hydrogens is 164 g/mol. The second-order valence-corrected chi connectivity index (χ2v) is 4.08. The van der Waals surface area contributed by atoms with Crippen LogP contribution < -0.4 is 0 Å². The molecule has 1 amide bonds. The van der Waals surface area contributed by atoms with Crippen LogP contribution >= 0.6 is 0 Å². The first-order valence-electron chi connectivity index (χ1n) is 3.95. The first-order chi connectivity index (χ1) is 5.25. The van der Waals surface area contributed by atoms with Crippen LogP contribution in [0.4, 0.5) is 8.78 Å². The summed E-state index contributed by atoms with van der Waals surface area (Å²) < 4.78 is 25.5. The highest BCUT2D eigenvalue weighted by Gasteiger charge is 2.50. The largest absolute Gasteiger partial charge is 0.332 e. The number of hydrogen-bond acceptors (Lipinski definition) is 1. The molecule has 0 radical (unpaired) electrons. The van der Waals surface area contributed by atoms with Crippen LogP contribution in [0.25, 0.3) is 0 Å². The summed E-state index contributed by atoms with van der Waals surface area (Å²) in [6.45, 7) is 5.43. The zero-order valence-electron chi connectivity index (χ0n) is 7.53. The molecule has 70 valence electrons. The minimum absolute atomic E-state index is 0.162. The van der Waals surface area contributed by atoms with Crippen LogP contribution in [0.3, 0.4) is 0 Å². The van der Waals surface area contributed by atoms with Crippen LogP contribution in [-0.2, 0) is 4.79 Å². The molecule has 0 aliphatic carbocycles. The first-order valence-corrected chi connectivity index (χ1v) is 3.95. The monoisotopic (exact) mass is 177 g/mol. The zero-order valence-corrected chi connectivity index (χ0v) is 7.53. The highest BCUT2D eigenvalue weighted by molar-refractivity contribution is 5.86. The average molecular weight is 177 g/mol. The molecule has 0 aromatic carbocycles. The van der Waals surface area contributed by atoms with E-state index in [1.165, 1.54) is 4.90 Å². The maximum Gasteiger partial charge on any atom is 0.326 e. The third-order valence-corrected chi connectivity index (χ3v) is 2.02. The van der Waals surface area contributed by atoms with Crippen molar-refractivity contribution in [2.45, 2.75) is 38.7 Å². The predicted molar refractivity (Wildman–Crippen MR) is 41.0 cm³/mol. The summed E-state index contributed by atoms with van der Waals surface area (Å²) in [6.07, 6.45) is -0.344. The average Bonchev–Trinajstić information content (AvgIpc) is 2.06. The third kappa shape index (κ3) is 1.42. The van der Waals surface area contributed by atoms with Crippen LogP contribution in [0, 0.1) is 0 Å². The summed E-state index contributed by atoms with van der Waals surface area (Å²) in [4.78, 5) is 12.3. The highest BCUT2D eigenvalue weighted by atomic mass is 19.3. The van der Waals surface area contributed by atoms with Crippen LogP contribution in [0.15, 0.2) is 0 Å². The molecule has 4 heteroatoms. The van der Waals surface area contributed by atoms with Gasteiger partial charge in [0.05, 0.1) is 0 Å². The third-order valence-electron chi connectivity index (χ3n) is 2.02. The van der Waals surface area contributed by atoms with Crippen molar-refractivity contribution in [3.05, 3.63) is 0 Å². The second kappa shape index (κ2) is 2.41. The molecule has 1 saturated heterocycles. The fraction of sp³-hybridized carbons (Fsp3) is 0.875. The number of nitrogens with zero attached hydrogens (tertiary/aromatic N) is 1. The van der Waals surface area contributed by atoms with Gasteiger partial charge in [-0.3, -0.25) is 4.79 Å². The van der Waals surface area contributed by atoms with Crippen molar-refractivity contribution in [1.29, 1.82) is 0 Å². The Kier molecular flexibility index (Phi) is 1.89. The minimum atomic E-state index is -3.13. The number of hydrogen-bond donors (Lipinski definition) is 0. The Morgan fingerprint density at radius 2 is 1.92 bits per heavy atom. The van der Waals surface area contributed by atoms with Crippen molar-refractivity contribution in [3.63, 3.8) is 0 Å². The maximum atomic E-state index is 12.7. The lowest BCUT2D eigenvalue weighted by Crippen LogP contribution is -2.45. The molecule has 0 spiro atoms. The maximum absolute atomic E-state index is 12.7. The van der Waals surface area contributed by atoms with Gasteiger partial charge in [0.15, 0.2) is 0 Å². The van der Waals surface area contributed by atoms with Crippen LogP contribution in [0.5, 0.6) is 0 Å². The Balaban J connectivity index is 2.82. The van der Waals surface area contributed by atoms with E-state index in [0.29, 0.717) is 0 Å². The molecule has 0 aromatic heterocycles. The van der Waals surface area contributed by atoms with Gasteiger partial charge in [0.25, 0.3) is 5.91 Å². The van der Waals surface area contributed by atoms with E-state index in [-0.39, 0.29) is 13.0 Å². The molecule has 1 fully saturated rings. The van der Waals surface area contributed by atoms with Gasteiger partial charge in [-0.2, -0.15) is 8.78 Å². The van der Waals surface area contributed by atoms with Crippen molar-refractivity contribution in [3.8, 4) is 0 Å². The predicted octanol–water partition coefficient (Wildman–Crippen LogP) is 1.65. The Morgan fingerprint density at radius 3 is 2.08 bits per heavy atom. The summed E-state index contributed by atoms with van der Waals surface area (Å²) in [6, 6.07) is 0. The molecule has 0 saturated carbocycles. The Hall–Kier alpha value is -0.670.